The van der Waals surface area contributed by atoms with E-state index in [0.29, 0.717) is 5.92 Å². The van der Waals surface area contributed by atoms with Crippen molar-refractivity contribution in [2.75, 3.05) is 13.1 Å². The lowest BCUT2D eigenvalue weighted by molar-refractivity contribution is 0.299. The molecule has 1 saturated carbocycles. The molecule has 2 aliphatic rings. The monoisotopic (exact) mass is 297 g/mol. The Morgan fingerprint density at radius 1 is 1.14 bits per heavy atom. The summed E-state index contributed by atoms with van der Waals surface area (Å²) in [5.74, 6) is 2.08. The third-order valence-corrected chi connectivity index (χ3v) is 5.66. The number of hydrogen-bond acceptors (Lipinski definition) is 4. The topological polar surface area (TPSA) is 51.0 Å². The SMILES string of the molecule is CC1(c2noc([C@H]3C[C@]3(C)c3ccccc3)n2)CCNCC1. The predicted octanol–water partition coefficient (Wildman–Crippen LogP) is 3.16. The zero-order chi connectivity index (χ0) is 15.2. The molecule has 22 heavy (non-hydrogen) atoms. The van der Waals surface area contributed by atoms with Gasteiger partial charge in [-0.25, -0.2) is 0 Å². The number of nitrogens with zero attached hydrogens (tertiary/aromatic N) is 2. The number of benzene rings is 1. The number of piperidine rings is 1. The predicted molar refractivity (Wildman–Crippen MR) is 84.9 cm³/mol. The van der Waals surface area contributed by atoms with Gasteiger partial charge in [0, 0.05) is 16.7 Å². The Hall–Kier alpha value is -1.68. The van der Waals surface area contributed by atoms with Gasteiger partial charge >= 0.3 is 0 Å². The van der Waals surface area contributed by atoms with Crippen LogP contribution in [0.1, 0.15) is 56.3 Å². The highest BCUT2D eigenvalue weighted by molar-refractivity contribution is 5.37. The van der Waals surface area contributed by atoms with Crippen LogP contribution in [0.3, 0.4) is 0 Å². The molecule has 4 heteroatoms. The van der Waals surface area contributed by atoms with Crippen LogP contribution < -0.4 is 5.32 Å². The quantitative estimate of drug-likeness (QED) is 0.945. The second-order valence-corrected chi connectivity index (χ2v) is 7.31. The molecule has 1 aliphatic carbocycles. The summed E-state index contributed by atoms with van der Waals surface area (Å²) in [6, 6.07) is 10.7. The molecule has 0 spiro atoms. The molecule has 1 aliphatic heterocycles. The first-order chi connectivity index (χ1) is 10.6. The van der Waals surface area contributed by atoms with Gasteiger partial charge in [0.25, 0.3) is 0 Å². The van der Waals surface area contributed by atoms with Crippen LogP contribution in [-0.4, -0.2) is 23.2 Å². The number of aromatic nitrogens is 2. The highest BCUT2D eigenvalue weighted by Gasteiger charge is 2.55. The standard InChI is InChI=1S/C18H23N3O/c1-17(8-10-19-11-9-17)16-20-15(22-21-16)14-12-18(14,2)13-6-4-3-5-7-13/h3-7,14,19H,8-12H2,1-2H3/t14-,18-/m1/s1. The zero-order valence-corrected chi connectivity index (χ0v) is 13.3. The fourth-order valence-corrected chi connectivity index (χ4v) is 3.69. The zero-order valence-electron chi connectivity index (χ0n) is 13.3. The maximum atomic E-state index is 5.64. The third kappa shape index (κ3) is 2.17. The van der Waals surface area contributed by atoms with E-state index in [0.717, 1.165) is 44.1 Å². The van der Waals surface area contributed by atoms with E-state index >= 15 is 0 Å². The number of nitrogens with one attached hydrogen (secondary N) is 1. The van der Waals surface area contributed by atoms with Crippen molar-refractivity contribution in [1.82, 2.24) is 15.5 Å². The van der Waals surface area contributed by atoms with E-state index in [2.05, 4.69) is 54.7 Å². The molecule has 1 aromatic carbocycles. The highest BCUT2D eigenvalue weighted by atomic mass is 16.5. The van der Waals surface area contributed by atoms with Crippen molar-refractivity contribution >= 4 is 0 Å². The molecule has 4 rings (SSSR count). The molecule has 1 aromatic heterocycles. The van der Waals surface area contributed by atoms with Crippen LogP contribution >= 0.6 is 0 Å². The van der Waals surface area contributed by atoms with Crippen LogP contribution in [0.15, 0.2) is 34.9 Å². The Labute approximate surface area is 131 Å². The van der Waals surface area contributed by atoms with Crippen molar-refractivity contribution in [3.8, 4) is 0 Å². The lowest BCUT2D eigenvalue weighted by atomic mass is 9.80. The average molecular weight is 297 g/mol. The largest absolute Gasteiger partial charge is 0.339 e. The molecule has 2 atom stereocenters. The van der Waals surface area contributed by atoms with E-state index < -0.39 is 0 Å². The van der Waals surface area contributed by atoms with Gasteiger partial charge in [-0.1, -0.05) is 49.3 Å². The Balaban J connectivity index is 1.56. The fraction of sp³-hybridized carbons (Fsp3) is 0.556. The number of hydrogen-bond donors (Lipinski definition) is 1. The third-order valence-electron chi connectivity index (χ3n) is 5.66. The van der Waals surface area contributed by atoms with Gasteiger partial charge in [0.05, 0.1) is 0 Å². The highest BCUT2D eigenvalue weighted by Crippen LogP contribution is 2.59. The van der Waals surface area contributed by atoms with Crippen LogP contribution in [0.2, 0.25) is 0 Å². The van der Waals surface area contributed by atoms with Gasteiger partial charge in [-0.3, -0.25) is 0 Å². The molecule has 4 nitrogen and oxygen atoms in total. The summed E-state index contributed by atoms with van der Waals surface area (Å²) in [6.45, 7) is 6.62. The summed E-state index contributed by atoms with van der Waals surface area (Å²) in [4.78, 5) is 4.78. The van der Waals surface area contributed by atoms with Gasteiger partial charge in [0.2, 0.25) is 5.89 Å². The Kier molecular flexibility index (Phi) is 3.12. The minimum absolute atomic E-state index is 0.0606. The average Bonchev–Trinajstić information content (AvgIpc) is 3.01. The molecular formula is C18H23N3O. The Morgan fingerprint density at radius 2 is 1.86 bits per heavy atom. The van der Waals surface area contributed by atoms with Crippen molar-refractivity contribution < 1.29 is 4.52 Å². The lowest BCUT2D eigenvalue weighted by Gasteiger charge is -2.30. The summed E-state index contributed by atoms with van der Waals surface area (Å²) in [5, 5.41) is 7.72. The van der Waals surface area contributed by atoms with E-state index in [1.807, 2.05) is 0 Å². The minimum atomic E-state index is 0.0606. The maximum absolute atomic E-state index is 5.64. The number of rotatable bonds is 3. The molecule has 1 saturated heterocycles. The van der Waals surface area contributed by atoms with Crippen molar-refractivity contribution in [3.63, 3.8) is 0 Å². The molecule has 0 unspecified atom stereocenters. The first kappa shape index (κ1) is 13.9. The normalized spacial score (nSPS) is 30.2. The minimum Gasteiger partial charge on any atom is -0.339 e. The molecule has 2 heterocycles. The Bertz CT molecular complexity index is 660. The van der Waals surface area contributed by atoms with Gasteiger partial charge in [-0.15, -0.1) is 0 Å². The van der Waals surface area contributed by atoms with Crippen LogP contribution in [-0.2, 0) is 10.8 Å². The molecule has 116 valence electrons. The van der Waals surface area contributed by atoms with Crippen molar-refractivity contribution in [2.45, 2.75) is 49.9 Å². The second-order valence-electron chi connectivity index (χ2n) is 7.31. The summed E-state index contributed by atoms with van der Waals surface area (Å²) < 4.78 is 5.64. The van der Waals surface area contributed by atoms with E-state index in [1.165, 1.54) is 5.56 Å². The summed E-state index contributed by atoms with van der Waals surface area (Å²) in [7, 11) is 0. The van der Waals surface area contributed by atoms with Gasteiger partial charge in [-0.2, -0.15) is 4.98 Å². The van der Waals surface area contributed by atoms with Crippen molar-refractivity contribution in [1.29, 1.82) is 0 Å². The molecule has 1 N–H and O–H groups in total. The van der Waals surface area contributed by atoms with Crippen LogP contribution in [0, 0.1) is 0 Å². The van der Waals surface area contributed by atoms with Crippen molar-refractivity contribution in [3.05, 3.63) is 47.6 Å². The summed E-state index contributed by atoms with van der Waals surface area (Å²) in [5.41, 5.74) is 1.58. The molecule has 0 bridgehead atoms. The summed E-state index contributed by atoms with van der Waals surface area (Å²) in [6.07, 6.45) is 3.25. The molecule has 2 aromatic rings. The first-order valence-corrected chi connectivity index (χ1v) is 8.22. The van der Waals surface area contributed by atoms with Gasteiger partial charge in [-0.05, 0) is 37.9 Å². The van der Waals surface area contributed by atoms with Crippen LogP contribution in [0.5, 0.6) is 0 Å². The Morgan fingerprint density at radius 3 is 2.59 bits per heavy atom. The van der Waals surface area contributed by atoms with Gasteiger partial charge in [0.1, 0.15) is 0 Å². The summed E-state index contributed by atoms with van der Waals surface area (Å²) >= 11 is 0. The molecule has 0 radical (unpaired) electrons. The van der Waals surface area contributed by atoms with Crippen LogP contribution in [0.25, 0.3) is 0 Å². The first-order valence-electron chi connectivity index (χ1n) is 8.22. The maximum Gasteiger partial charge on any atom is 0.230 e. The second kappa shape index (κ2) is 4.92. The van der Waals surface area contributed by atoms with Crippen LogP contribution in [0.4, 0.5) is 0 Å². The van der Waals surface area contributed by atoms with E-state index in [9.17, 15) is 0 Å². The smallest absolute Gasteiger partial charge is 0.230 e. The van der Waals surface area contributed by atoms with E-state index in [-0.39, 0.29) is 10.8 Å². The molecule has 2 fully saturated rings. The van der Waals surface area contributed by atoms with E-state index in [4.69, 9.17) is 9.51 Å². The molecule has 0 amide bonds. The lowest BCUT2D eigenvalue weighted by Crippen LogP contribution is -2.38. The fourth-order valence-electron chi connectivity index (χ4n) is 3.69. The van der Waals surface area contributed by atoms with Gasteiger partial charge < -0.3 is 9.84 Å². The molecular weight excluding hydrogens is 274 g/mol. The van der Waals surface area contributed by atoms with E-state index in [1.54, 1.807) is 0 Å². The van der Waals surface area contributed by atoms with Crippen molar-refractivity contribution in [2.24, 2.45) is 0 Å². The van der Waals surface area contributed by atoms with Gasteiger partial charge in [0.15, 0.2) is 5.82 Å².